The Morgan fingerprint density at radius 1 is 1.00 bits per heavy atom. The van der Waals surface area contributed by atoms with Gasteiger partial charge in [-0.1, -0.05) is 12.1 Å². The molecule has 0 aromatic heterocycles. The normalized spacial score (nSPS) is 32.2. The number of Topliss-reactive ketones (excluding diaryl/α,β-unsaturated/α-hetero) is 1. The Bertz CT molecular complexity index is 989. The van der Waals surface area contributed by atoms with E-state index in [1.54, 1.807) is 13.0 Å². The number of ether oxygens (including phenoxy) is 3. The molecule has 32 heavy (non-hydrogen) atoms. The van der Waals surface area contributed by atoms with Crippen molar-refractivity contribution in [1.82, 2.24) is 0 Å². The number of fused-ring (bicyclic) bond motifs is 1. The third kappa shape index (κ3) is 3.92. The third-order valence-corrected chi connectivity index (χ3v) is 5.58. The molecule has 2 heterocycles. The largest absolute Gasteiger partial charge is 0.508 e. The third-order valence-electron chi connectivity index (χ3n) is 5.58. The lowest BCUT2D eigenvalue weighted by Crippen LogP contribution is -2.60. The van der Waals surface area contributed by atoms with Gasteiger partial charge in [-0.25, -0.2) is 0 Å². The molecule has 0 spiro atoms. The van der Waals surface area contributed by atoms with Crippen molar-refractivity contribution in [1.29, 1.82) is 0 Å². The molecule has 1 fully saturated rings. The van der Waals surface area contributed by atoms with Gasteiger partial charge in [-0.3, -0.25) is 4.79 Å². The second-order valence-electron chi connectivity index (χ2n) is 7.89. The van der Waals surface area contributed by atoms with Crippen molar-refractivity contribution in [2.24, 2.45) is 0 Å². The maximum atomic E-state index is 13.1. The summed E-state index contributed by atoms with van der Waals surface area (Å²) in [6.45, 7) is 1.08. The van der Waals surface area contributed by atoms with Crippen molar-refractivity contribution < 1.29 is 49.6 Å². The standard InChI is InChI=1S/C22H24O10/c1-9-6-12-15(17(26)19(28)21(30-12)10-2-4-11(24)5-3-10)13(7-9)31-22-20(29)18(27)16(25)14(8-23)32-22/h2-7,14,16,18-25,27-29H,8H2,1H3. The van der Waals surface area contributed by atoms with Crippen LogP contribution >= 0.6 is 0 Å². The van der Waals surface area contributed by atoms with Crippen LogP contribution in [-0.4, -0.2) is 79.8 Å². The van der Waals surface area contributed by atoms with E-state index in [2.05, 4.69) is 0 Å². The molecule has 0 radical (unpaired) electrons. The molecular formula is C22H24O10. The minimum atomic E-state index is -1.67. The van der Waals surface area contributed by atoms with Crippen molar-refractivity contribution in [2.75, 3.05) is 6.61 Å². The van der Waals surface area contributed by atoms with Crippen LogP contribution in [0.3, 0.4) is 0 Å². The van der Waals surface area contributed by atoms with Gasteiger partial charge in [0.05, 0.1) is 6.61 Å². The Kier molecular flexibility index (Phi) is 6.08. The topological polar surface area (TPSA) is 166 Å². The van der Waals surface area contributed by atoms with E-state index in [0.717, 1.165) is 0 Å². The van der Waals surface area contributed by atoms with Gasteiger partial charge in [-0.2, -0.15) is 0 Å². The van der Waals surface area contributed by atoms with E-state index in [-0.39, 0.29) is 22.8 Å². The highest BCUT2D eigenvalue weighted by Gasteiger charge is 2.46. The van der Waals surface area contributed by atoms with E-state index in [1.165, 1.54) is 30.3 Å². The van der Waals surface area contributed by atoms with E-state index in [4.69, 9.17) is 14.2 Å². The highest BCUT2D eigenvalue weighted by molar-refractivity contribution is 6.05. The van der Waals surface area contributed by atoms with Crippen molar-refractivity contribution in [3.63, 3.8) is 0 Å². The first-order chi connectivity index (χ1) is 15.2. The Labute approximate surface area is 182 Å². The molecule has 7 atom stereocenters. The number of hydrogen-bond acceptors (Lipinski definition) is 10. The molecule has 2 aromatic rings. The molecule has 6 N–H and O–H groups in total. The molecule has 0 amide bonds. The molecule has 2 aliphatic heterocycles. The minimum absolute atomic E-state index is 0.0248. The summed E-state index contributed by atoms with van der Waals surface area (Å²) < 4.78 is 16.9. The quantitative estimate of drug-likeness (QED) is 0.361. The predicted molar refractivity (Wildman–Crippen MR) is 107 cm³/mol. The number of benzene rings is 2. The van der Waals surface area contributed by atoms with Gasteiger partial charge in [-0.15, -0.1) is 0 Å². The number of hydrogen-bond donors (Lipinski definition) is 6. The van der Waals surface area contributed by atoms with E-state index >= 15 is 0 Å². The second kappa shape index (κ2) is 8.66. The van der Waals surface area contributed by atoms with Gasteiger partial charge < -0.3 is 44.8 Å². The van der Waals surface area contributed by atoms with Gasteiger partial charge in [0.15, 0.2) is 12.2 Å². The summed E-state index contributed by atoms with van der Waals surface area (Å²) in [6.07, 6.45) is -10.2. The summed E-state index contributed by atoms with van der Waals surface area (Å²) in [4.78, 5) is 13.1. The number of ketones is 1. The maximum absolute atomic E-state index is 13.1. The van der Waals surface area contributed by atoms with Crippen LogP contribution in [0.5, 0.6) is 17.2 Å². The summed E-state index contributed by atoms with van der Waals surface area (Å²) in [6, 6.07) is 8.96. The predicted octanol–water partition coefficient (Wildman–Crippen LogP) is -0.443. The first kappa shape index (κ1) is 22.5. The fourth-order valence-corrected chi connectivity index (χ4v) is 3.84. The molecule has 7 unspecified atom stereocenters. The number of carbonyl (C=O) groups excluding carboxylic acids is 1. The summed E-state index contributed by atoms with van der Waals surface area (Å²) in [5.41, 5.74) is 1.04. The Morgan fingerprint density at radius 2 is 1.69 bits per heavy atom. The van der Waals surface area contributed by atoms with Crippen LogP contribution in [0, 0.1) is 6.92 Å². The number of aryl methyl sites for hydroxylation is 1. The first-order valence-corrected chi connectivity index (χ1v) is 10.0. The second-order valence-corrected chi connectivity index (χ2v) is 7.89. The molecule has 0 aliphatic carbocycles. The highest BCUT2D eigenvalue weighted by Crippen LogP contribution is 2.41. The van der Waals surface area contributed by atoms with Crippen LogP contribution in [0.25, 0.3) is 0 Å². The summed E-state index contributed by atoms with van der Waals surface area (Å²) in [5, 5.41) is 59.7. The molecule has 0 bridgehead atoms. The molecule has 1 saturated heterocycles. The summed E-state index contributed by atoms with van der Waals surface area (Å²) >= 11 is 0. The Balaban J connectivity index is 1.67. The van der Waals surface area contributed by atoms with Crippen LogP contribution in [-0.2, 0) is 4.74 Å². The number of rotatable bonds is 4. The minimum Gasteiger partial charge on any atom is -0.508 e. The number of aromatic hydroxyl groups is 1. The zero-order valence-electron chi connectivity index (χ0n) is 17.0. The number of aliphatic hydroxyl groups excluding tert-OH is 5. The summed E-state index contributed by atoms with van der Waals surface area (Å²) in [7, 11) is 0. The van der Waals surface area contributed by atoms with Crippen LogP contribution in [0.1, 0.15) is 27.6 Å². The average Bonchev–Trinajstić information content (AvgIpc) is 2.77. The fraction of sp³-hybridized carbons (Fsp3) is 0.409. The van der Waals surface area contributed by atoms with Crippen LogP contribution in [0.4, 0.5) is 0 Å². The van der Waals surface area contributed by atoms with Crippen molar-refractivity contribution >= 4 is 5.78 Å². The SMILES string of the molecule is Cc1cc(OC2OC(CO)C(O)C(O)C2O)c2c(c1)OC(c1ccc(O)cc1)C(O)C2=O. The zero-order valence-corrected chi connectivity index (χ0v) is 17.0. The van der Waals surface area contributed by atoms with Crippen molar-refractivity contribution in [2.45, 2.75) is 49.8 Å². The fourth-order valence-electron chi connectivity index (χ4n) is 3.84. The molecular weight excluding hydrogens is 424 g/mol. The number of aliphatic hydroxyl groups is 5. The molecule has 10 heteroatoms. The molecule has 172 valence electrons. The summed E-state index contributed by atoms with van der Waals surface area (Å²) in [5.74, 6) is -0.587. The lowest BCUT2D eigenvalue weighted by atomic mass is 9.92. The van der Waals surface area contributed by atoms with Gasteiger partial charge in [0, 0.05) is 0 Å². The van der Waals surface area contributed by atoms with Gasteiger partial charge in [0.25, 0.3) is 0 Å². The molecule has 10 nitrogen and oxygen atoms in total. The average molecular weight is 448 g/mol. The number of phenols is 1. The smallest absolute Gasteiger partial charge is 0.229 e. The van der Waals surface area contributed by atoms with Crippen LogP contribution in [0.2, 0.25) is 0 Å². The Hall–Kier alpha value is -2.73. The monoisotopic (exact) mass is 448 g/mol. The first-order valence-electron chi connectivity index (χ1n) is 10.0. The molecule has 0 saturated carbocycles. The van der Waals surface area contributed by atoms with Crippen molar-refractivity contribution in [3.8, 4) is 17.2 Å². The van der Waals surface area contributed by atoms with Crippen LogP contribution in [0.15, 0.2) is 36.4 Å². The van der Waals surface area contributed by atoms with Crippen molar-refractivity contribution in [3.05, 3.63) is 53.1 Å². The van der Waals surface area contributed by atoms with Gasteiger partial charge in [0.1, 0.15) is 47.2 Å². The lowest BCUT2D eigenvalue weighted by molar-refractivity contribution is -0.277. The molecule has 2 aliphatic rings. The van der Waals surface area contributed by atoms with E-state index in [9.17, 15) is 35.4 Å². The zero-order chi connectivity index (χ0) is 23.2. The van der Waals surface area contributed by atoms with E-state index in [0.29, 0.717) is 11.1 Å². The number of phenolic OH excluding ortho intramolecular Hbond substituents is 1. The van der Waals surface area contributed by atoms with E-state index in [1.807, 2.05) is 0 Å². The number of carbonyl (C=O) groups is 1. The van der Waals surface area contributed by atoms with Gasteiger partial charge in [-0.05, 0) is 42.3 Å². The lowest BCUT2D eigenvalue weighted by Gasteiger charge is -2.40. The Morgan fingerprint density at radius 3 is 2.34 bits per heavy atom. The molecule has 2 aromatic carbocycles. The van der Waals surface area contributed by atoms with Gasteiger partial charge in [0.2, 0.25) is 12.1 Å². The van der Waals surface area contributed by atoms with E-state index < -0.39 is 55.3 Å². The highest BCUT2D eigenvalue weighted by atomic mass is 16.7. The van der Waals surface area contributed by atoms with Crippen LogP contribution < -0.4 is 9.47 Å². The van der Waals surface area contributed by atoms with Gasteiger partial charge >= 0.3 is 0 Å². The maximum Gasteiger partial charge on any atom is 0.229 e. The molecule has 4 rings (SSSR count).